The zero-order chi connectivity index (χ0) is 13.3. The van der Waals surface area contributed by atoms with E-state index in [-0.39, 0.29) is 15.6 Å². The third-order valence-electron chi connectivity index (χ3n) is 3.13. The normalized spacial score (nSPS) is 22.8. The van der Waals surface area contributed by atoms with Gasteiger partial charge in [-0.25, -0.2) is 9.59 Å². The van der Waals surface area contributed by atoms with Crippen molar-refractivity contribution >= 4 is 28.6 Å². The van der Waals surface area contributed by atoms with E-state index in [9.17, 15) is 9.59 Å². The summed E-state index contributed by atoms with van der Waals surface area (Å²) in [7, 11) is 3.22. The van der Waals surface area contributed by atoms with Gasteiger partial charge >= 0.3 is 11.1 Å². The van der Waals surface area contributed by atoms with Gasteiger partial charge in [0, 0.05) is 22.7 Å². The molecule has 4 nitrogen and oxygen atoms in total. The Labute approximate surface area is 110 Å². The molecule has 1 unspecified atom stereocenters. The molecule has 1 aliphatic rings. The molecule has 2 amide bonds. The summed E-state index contributed by atoms with van der Waals surface area (Å²) in [5.74, 6) is 0.556. The number of nitrogens with zero attached hydrogens (tertiary/aromatic N) is 1. The van der Waals surface area contributed by atoms with Crippen molar-refractivity contribution in [2.75, 3.05) is 14.2 Å². The van der Waals surface area contributed by atoms with Crippen LogP contribution in [-0.4, -0.2) is 29.8 Å². The van der Waals surface area contributed by atoms with E-state index >= 15 is 0 Å². The van der Waals surface area contributed by atoms with Gasteiger partial charge < -0.3 is 4.74 Å². The zero-order valence-electron chi connectivity index (χ0n) is 10.5. The maximum atomic E-state index is 11.9. The van der Waals surface area contributed by atoms with E-state index in [1.165, 1.54) is 6.92 Å². The summed E-state index contributed by atoms with van der Waals surface area (Å²) in [6, 6.07) is 7.33. The van der Waals surface area contributed by atoms with Crippen LogP contribution in [-0.2, 0) is 4.79 Å². The number of imide groups is 1. The van der Waals surface area contributed by atoms with Gasteiger partial charge in [0.15, 0.2) is 5.70 Å². The number of methoxy groups -OCH3 is 1. The number of hydrogen-bond donors (Lipinski definition) is 0. The topological polar surface area (TPSA) is 43.4 Å². The lowest BCUT2D eigenvalue weighted by Gasteiger charge is -2.24. The fourth-order valence-electron chi connectivity index (χ4n) is 1.80. The summed E-state index contributed by atoms with van der Waals surface area (Å²) < 4.78 is 4.79. The van der Waals surface area contributed by atoms with Gasteiger partial charge in [-0.2, -0.15) is 4.48 Å². The fraction of sp³-hybridized carbons (Fsp3) is 0.231. The first-order valence-corrected chi connectivity index (χ1v) is 6.32. The van der Waals surface area contributed by atoms with Crippen molar-refractivity contribution in [2.45, 2.75) is 6.92 Å². The van der Waals surface area contributed by atoms with Crippen LogP contribution in [0.3, 0.4) is 0 Å². The molecule has 1 aromatic carbocycles. The summed E-state index contributed by atoms with van der Waals surface area (Å²) in [5.41, 5.74) is 1.56. The van der Waals surface area contributed by atoms with E-state index in [1.807, 2.05) is 24.3 Å². The third kappa shape index (κ3) is 1.85. The molecule has 5 heteroatoms. The Bertz CT molecular complexity index is 536. The van der Waals surface area contributed by atoms with E-state index in [1.54, 1.807) is 19.6 Å². The van der Waals surface area contributed by atoms with Crippen LogP contribution in [0.4, 0.5) is 4.79 Å². The number of benzene rings is 1. The highest BCUT2D eigenvalue weighted by Crippen LogP contribution is 2.39. The zero-order valence-corrected chi connectivity index (χ0v) is 11.3. The highest BCUT2D eigenvalue weighted by atomic mass is 32.2. The van der Waals surface area contributed by atoms with Gasteiger partial charge in [0.25, 0.3) is 0 Å². The molecule has 0 bridgehead atoms. The summed E-state index contributed by atoms with van der Waals surface area (Å²) in [6.45, 7) is 1.43. The molecule has 0 saturated carbocycles. The Morgan fingerprint density at radius 2 is 1.89 bits per heavy atom. The molecule has 1 heterocycles. The third-order valence-corrected chi connectivity index (χ3v) is 4.04. The average molecular weight is 264 g/mol. The predicted octanol–water partition coefficient (Wildman–Crippen LogP) is 2.85. The van der Waals surface area contributed by atoms with E-state index in [2.05, 4.69) is 0 Å². The molecule has 0 N–H and O–H groups in total. The van der Waals surface area contributed by atoms with Gasteiger partial charge in [0.2, 0.25) is 0 Å². The van der Waals surface area contributed by atoms with Crippen LogP contribution < -0.4 is 4.74 Å². The molecule has 1 aromatic rings. The SMILES string of the molecule is COc1ccc(C2=CSC(=O)[N+]2(C)C(C)=O)cc1. The largest absolute Gasteiger partial charge is 0.497 e. The van der Waals surface area contributed by atoms with Gasteiger partial charge in [-0.15, -0.1) is 0 Å². The van der Waals surface area contributed by atoms with Gasteiger partial charge in [-0.1, -0.05) is 0 Å². The van der Waals surface area contributed by atoms with Crippen molar-refractivity contribution in [2.24, 2.45) is 0 Å². The number of rotatable bonds is 2. The lowest BCUT2D eigenvalue weighted by molar-refractivity contribution is -0.662. The number of thioether (sulfide) groups is 1. The predicted molar refractivity (Wildman–Crippen MR) is 70.8 cm³/mol. The number of amides is 2. The summed E-state index contributed by atoms with van der Waals surface area (Å²) in [4.78, 5) is 23.6. The molecule has 0 aliphatic carbocycles. The van der Waals surface area contributed by atoms with Crippen molar-refractivity contribution in [1.82, 2.24) is 0 Å². The van der Waals surface area contributed by atoms with Crippen molar-refractivity contribution < 1.29 is 18.8 Å². The molecule has 18 heavy (non-hydrogen) atoms. The van der Waals surface area contributed by atoms with Crippen LogP contribution in [0.1, 0.15) is 12.5 Å². The maximum Gasteiger partial charge on any atom is 0.391 e. The minimum Gasteiger partial charge on any atom is -0.497 e. The molecule has 1 atom stereocenters. The minimum atomic E-state index is -0.295. The second-order valence-corrected chi connectivity index (χ2v) is 4.96. The minimum absolute atomic E-state index is 0.173. The molecule has 0 fully saturated rings. The summed E-state index contributed by atoms with van der Waals surface area (Å²) in [6.07, 6.45) is 0. The Morgan fingerprint density at radius 3 is 2.39 bits per heavy atom. The number of carbonyl (C=O) groups is 2. The quantitative estimate of drug-likeness (QED) is 0.770. The standard InChI is InChI=1S/C13H14NO3S/c1-9(15)14(2)12(8-18-13(14)16)10-4-6-11(17-3)7-5-10/h4-8H,1-3H3/q+1. The highest BCUT2D eigenvalue weighted by Gasteiger charge is 2.47. The number of hydrogen-bond acceptors (Lipinski definition) is 4. The van der Waals surface area contributed by atoms with Gasteiger partial charge in [0.05, 0.1) is 21.1 Å². The number of ether oxygens (including phenoxy) is 1. The summed E-state index contributed by atoms with van der Waals surface area (Å²) in [5, 5.41) is 1.57. The Hall–Kier alpha value is -1.59. The van der Waals surface area contributed by atoms with Crippen LogP contribution in [0.5, 0.6) is 5.75 Å². The Kier molecular flexibility index (Phi) is 3.28. The van der Waals surface area contributed by atoms with Crippen LogP contribution >= 0.6 is 11.8 Å². The van der Waals surface area contributed by atoms with Crippen LogP contribution in [0.2, 0.25) is 0 Å². The molecular formula is C13H14NO3S+. The van der Waals surface area contributed by atoms with E-state index in [4.69, 9.17) is 4.74 Å². The average Bonchev–Trinajstić information content (AvgIpc) is 2.68. The number of carbonyl (C=O) groups excluding carboxylic acids is 2. The first kappa shape index (κ1) is 12.9. The van der Waals surface area contributed by atoms with E-state index in [0.717, 1.165) is 23.1 Å². The van der Waals surface area contributed by atoms with Crippen molar-refractivity contribution in [3.05, 3.63) is 35.2 Å². The number of quaternary nitrogens is 1. The summed E-state index contributed by atoms with van der Waals surface area (Å²) >= 11 is 1.06. The monoisotopic (exact) mass is 264 g/mol. The second kappa shape index (κ2) is 4.59. The molecule has 0 radical (unpaired) electrons. The van der Waals surface area contributed by atoms with E-state index < -0.39 is 0 Å². The first-order valence-electron chi connectivity index (χ1n) is 5.44. The van der Waals surface area contributed by atoms with Gasteiger partial charge in [-0.05, 0) is 24.3 Å². The van der Waals surface area contributed by atoms with Crippen molar-refractivity contribution in [1.29, 1.82) is 0 Å². The fourth-order valence-corrected chi connectivity index (χ4v) is 2.80. The Morgan fingerprint density at radius 1 is 1.28 bits per heavy atom. The molecule has 94 valence electrons. The Balaban J connectivity index is 2.43. The lowest BCUT2D eigenvalue weighted by Crippen LogP contribution is -2.46. The van der Waals surface area contributed by atoms with Gasteiger partial charge in [0.1, 0.15) is 5.75 Å². The molecule has 0 saturated heterocycles. The maximum absolute atomic E-state index is 11.9. The van der Waals surface area contributed by atoms with E-state index in [0.29, 0.717) is 5.70 Å². The van der Waals surface area contributed by atoms with Crippen LogP contribution in [0.25, 0.3) is 5.70 Å². The molecular weight excluding hydrogens is 250 g/mol. The van der Waals surface area contributed by atoms with Crippen LogP contribution in [0.15, 0.2) is 29.7 Å². The van der Waals surface area contributed by atoms with Gasteiger partial charge in [-0.3, -0.25) is 0 Å². The molecule has 0 aromatic heterocycles. The molecule has 2 rings (SSSR count). The highest BCUT2D eigenvalue weighted by molar-refractivity contribution is 8.16. The van der Waals surface area contributed by atoms with Crippen molar-refractivity contribution in [3.8, 4) is 5.75 Å². The first-order chi connectivity index (χ1) is 8.50. The van der Waals surface area contributed by atoms with Crippen molar-refractivity contribution in [3.63, 3.8) is 0 Å². The molecule has 1 aliphatic heterocycles. The van der Waals surface area contributed by atoms with Crippen LogP contribution in [0, 0.1) is 0 Å². The second-order valence-electron chi connectivity index (χ2n) is 4.14. The lowest BCUT2D eigenvalue weighted by atomic mass is 10.1. The molecule has 0 spiro atoms. The smallest absolute Gasteiger partial charge is 0.391 e.